The van der Waals surface area contributed by atoms with Gasteiger partial charge in [0.1, 0.15) is 5.82 Å². The number of para-hydroxylation sites is 1. The van der Waals surface area contributed by atoms with Crippen molar-refractivity contribution in [2.24, 2.45) is 0 Å². The Morgan fingerprint density at radius 2 is 1.96 bits per heavy atom. The lowest BCUT2D eigenvalue weighted by Gasteiger charge is -2.12. The Hall–Kier alpha value is -2.66. The Kier molecular flexibility index (Phi) is 3.35. The van der Waals surface area contributed by atoms with E-state index in [0.29, 0.717) is 18.2 Å². The molecule has 3 aromatic rings. The number of aromatic nitrogens is 2. The number of amides is 1. The molecule has 2 aliphatic heterocycles. The van der Waals surface area contributed by atoms with Crippen LogP contribution in [0.15, 0.2) is 42.5 Å². The minimum Gasteiger partial charge on any atom is -0.350 e. The second-order valence-corrected chi connectivity index (χ2v) is 6.79. The summed E-state index contributed by atoms with van der Waals surface area (Å²) in [5.74, 6) is 0.920. The van der Waals surface area contributed by atoms with Crippen LogP contribution in [0.25, 0.3) is 22.4 Å². The highest BCUT2D eigenvalue weighted by Crippen LogP contribution is 2.30. The zero-order chi connectivity index (χ0) is 16.8. The number of hydrogen-bond donors (Lipinski definition) is 2. The topological polar surface area (TPSA) is 59.0 Å². The van der Waals surface area contributed by atoms with Crippen molar-refractivity contribution in [2.45, 2.75) is 25.4 Å². The number of carbonyl (C=O) groups excluding carboxylic acids is 1. The van der Waals surface area contributed by atoms with Gasteiger partial charge in [0, 0.05) is 24.7 Å². The van der Waals surface area contributed by atoms with Crippen LogP contribution in [0.5, 0.6) is 0 Å². The molecule has 1 fully saturated rings. The first kappa shape index (κ1) is 14.7. The summed E-state index contributed by atoms with van der Waals surface area (Å²) in [7, 11) is 0. The van der Waals surface area contributed by atoms with Crippen molar-refractivity contribution < 1.29 is 4.79 Å². The Labute approximate surface area is 146 Å². The second kappa shape index (κ2) is 5.70. The zero-order valence-corrected chi connectivity index (χ0v) is 14.0. The summed E-state index contributed by atoms with van der Waals surface area (Å²) in [6.45, 7) is 2.46. The molecule has 3 heterocycles. The molecule has 0 saturated carbocycles. The van der Waals surface area contributed by atoms with E-state index in [1.807, 2.05) is 18.2 Å². The van der Waals surface area contributed by atoms with Gasteiger partial charge in [0.05, 0.1) is 16.6 Å². The van der Waals surface area contributed by atoms with Gasteiger partial charge in [0.25, 0.3) is 5.91 Å². The van der Waals surface area contributed by atoms with Gasteiger partial charge in [-0.05, 0) is 37.1 Å². The summed E-state index contributed by atoms with van der Waals surface area (Å²) in [4.78, 5) is 17.1. The molecule has 126 valence electrons. The molecule has 2 aliphatic rings. The zero-order valence-electron chi connectivity index (χ0n) is 14.0. The molecule has 1 unspecified atom stereocenters. The molecule has 5 rings (SSSR count). The Bertz CT molecular complexity index is 952. The van der Waals surface area contributed by atoms with Gasteiger partial charge in [-0.3, -0.25) is 4.79 Å². The average molecular weight is 332 g/mol. The highest BCUT2D eigenvalue weighted by molar-refractivity contribution is 6.06. The van der Waals surface area contributed by atoms with Crippen molar-refractivity contribution in [1.29, 1.82) is 0 Å². The number of imidazole rings is 1. The van der Waals surface area contributed by atoms with E-state index in [0.717, 1.165) is 35.5 Å². The molecule has 0 bridgehead atoms. The smallest absolute Gasteiger partial charge is 0.253 e. The molecule has 25 heavy (non-hydrogen) atoms. The van der Waals surface area contributed by atoms with Crippen LogP contribution in [0.1, 0.15) is 34.8 Å². The Morgan fingerprint density at radius 3 is 2.76 bits per heavy atom. The molecule has 2 aromatic carbocycles. The number of carbonyl (C=O) groups is 1. The van der Waals surface area contributed by atoms with Gasteiger partial charge >= 0.3 is 0 Å². The SMILES string of the molecule is O=C1NCCn2c(-c3ccc(C4CCCN4)cc3)nc3cccc1c32. The average Bonchev–Trinajstić information content (AvgIpc) is 3.26. The van der Waals surface area contributed by atoms with Crippen LogP contribution < -0.4 is 10.6 Å². The highest BCUT2D eigenvalue weighted by Gasteiger charge is 2.22. The van der Waals surface area contributed by atoms with Gasteiger partial charge in [-0.2, -0.15) is 0 Å². The standard InChI is InChI=1S/C20H20N4O/c25-20-15-3-1-4-17-18(15)24(12-11-22-20)19(23-17)14-8-6-13(7-9-14)16-5-2-10-21-16/h1,3-4,6-9,16,21H,2,5,10-12H2,(H,22,25). The first-order valence-corrected chi connectivity index (χ1v) is 8.92. The Morgan fingerprint density at radius 1 is 1.08 bits per heavy atom. The van der Waals surface area contributed by atoms with Crippen LogP contribution in [0.4, 0.5) is 0 Å². The van der Waals surface area contributed by atoms with Crippen molar-refractivity contribution in [1.82, 2.24) is 20.2 Å². The van der Waals surface area contributed by atoms with Crippen LogP contribution in [0.2, 0.25) is 0 Å². The molecule has 0 radical (unpaired) electrons. The van der Waals surface area contributed by atoms with Crippen LogP contribution in [-0.4, -0.2) is 28.5 Å². The van der Waals surface area contributed by atoms with Gasteiger partial charge in [0.15, 0.2) is 0 Å². The number of hydrogen-bond acceptors (Lipinski definition) is 3. The number of nitrogens with zero attached hydrogens (tertiary/aromatic N) is 2. The summed E-state index contributed by atoms with van der Waals surface area (Å²) in [6.07, 6.45) is 2.45. The maximum atomic E-state index is 12.3. The molecule has 0 spiro atoms. The lowest BCUT2D eigenvalue weighted by molar-refractivity contribution is 0.0956. The largest absolute Gasteiger partial charge is 0.350 e. The van der Waals surface area contributed by atoms with Gasteiger partial charge < -0.3 is 15.2 Å². The third-order valence-electron chi connectivity index (χ3n) is 5.26. The van der Waals surface area contributed by atoms with E-state index in [1.54, 1.807) is 0 Å². The monoisotopic (exact) mass is 332 g/mol. The minimum absolute atomic E-state index is 0.0153. The van der Waals surface area contributed by atoms with Gasteiger partial charge in [0.2, 0.25) is 0 Å². The van der Waals surface area contributed by atoms with Crippen molar-refractivity contribution in [3.05, 3.63) is 53.6 Å². The third kappa shape index (κ3) is 2.35. The van der Waals surface area contributed by atoms with Crippen LogP contribution in [0, 0.1) is 0 Å². The number of nitrogens with one attached hydrogen (secondary N) is 2. The van der Waals surface area contributed by atoms with Crippen molar-refractivity contribution >= 4 is 16.9 Å². The number of rotatable bonds is 2. The van der Waals surface area contributed by atoms with Crippen LogP contribution in [-0.2, 0) is 6.54 Å². The molecule has 1 saturated heterocycles. The maximum absolute atomic E-state index is 12.3. The summed E-state index contributed by atoms with van der Waals surface area (Å²) in [5.41, 5.74) is 4.96. The van der Waals surface area contributed by atoms with E-state index < -0.39 is 0 Å². The van der Waals surface area contributed by atoms with E-state index in [2.05, 4.69) is 39.5 Å². The minimum atomic E-state index is -0.0153. The van der Waals surface area contributed by atoms with E-state index in [-0.39, 0.29) is 5.91 Å². The summed E-state index contributed by atoms with van der Waals surface area (Å²) in [5, 5.41) is 6.51. The quantitative estimate of drug-likeness (QED) is 0.759. The van der Waals surface area contributed by atoms with Crippen LogP contribution >= 0.6 is 0 Å². The van der Waals surface area contributed by atoms with Gasteiger partial charge in [-0.25, -0.2) is 4.98 Å². The first-order valence-electron chi connectivity index (χ1n) is 8.92. The van der Waals surface area contributed by atoms with Crippen molar-refractivity contribution in [2.75, 3.05) is 13.1 Å². The summed E-state index contributed by atoms with van der Waals surface area (Å²) < 4.78 is 2.17. The molecule has 5 heteroatoms. The first-order chi connectivity index (χ1) is 12.3. The predicted octanol–water partition coefficient (Wildman–Crippen LogP) is 2.87. The van der Waals surface area contributed by atoms with Crippen LogP contribution in [0.3, 0.4) is 0 Å². The maximum Gasteiger partial charge on any atom is 0.253 e. The number of benzene rings is 2. The van der Waals surface area contributed by atoms with Crippen molar-refractivity contribution in [3.63, 3.8) is 0 Å². The van der Waals surface area contributed by atoms with E-state index >= 15 is 0 Å². The van der Waals surface area contributed by atoms with E-state index in [4.69, 9.17) is 4.98 Å². The molecule has 1 amide bonds. The van der Waals surface area contributed by atoms with E-state index in [9.17, 15) is 4.79 Å². The lowest BCUT2D eigenvalue weighted by atomic mass is 10.0. The predicted molar refractivity (Wildman–Crippen MR) is 97.5 cm³/mol. The fraction of sp³-hybridized carbons (Fsp3) is 0.300. The summed E-state index contributed by atoms with van der Waals surface area (Å²) in [6, 6.07) is 14.9. The normalized spacial score (nSPS) is 19.8. The molecular formula is C20H20N4O. The molecule has 1 atom stereocenters. The highest BCUT2D eigenvalue weighted by atomic mass is 16.1. The molecule has 1 aromatic heterocycles. The fourth-order valence-electron chi connectivity index (χ4n) is 4.02. The van der Waals surface area contributed by atoms with Crippen molar-refractivity contribution in [3.8, 4) is 11.4 Å². The molecular weight excluding hydrogens is 312 g/mol. The lowest BCUT2D eigenvalue weighted by Crippen LogP contribution is -2.24. The molecule has 0 aliphatic carbocycles. The second-order valence-electron chi connectivity index (χ2n) is 6.79. The molecule has 2 N–H and O–H groups in total. The molecule has 5 nitrogen and oxygen atoms in total. The van der Waals surface area contributed by atoms with E-state index in [1.165, 1.54) is 18.4 Å². The fourth-order valence-corrected chi connectivity index (χ4v) is 4.02. The Balaban J connectivity index is 1.62. The summed E-state index contributed by atoms with van der Waals surface area (Å²) >= 11 is 0. The third-order valence-corrected chi connectivity index (χ3v) is 5.26. The van der Waals surface area contributed by atoms with Gasteiger partial charge in [-0.1, -0.05) is 30.3 Å². The van der Waals surface area contributed by atoms with Gasteiger partial charge in [-0.15, -0.1) is 0 Å².